The van der Waals surface area contributed by atoms with Gasteiger partial charge in [0, 0.05) is 18.5 Å². The summed E-state index contributed by atoms with van der Waals surface area (Å²) in [6.07, 6.45) is 1.81. The average Bonchev–Trinajstić information content (AvgIpc) is 3.18. The summed E-state index contributed by atoms with van der Waals surface area (Å²) in [4.78, 5) is 14.0. The van der Waals surface area contributed by atoms with Crippen molar-refractivity contribution < 1.29 is 21.6 Å². The molecule has 2 aromatic carbocycles. The first-order valence-electron chi connectivity index (χ1n) is 8.65. The number of para-hydroxylation sites is 1. The zero-order chi connectivity index (χ0) is 19.9. The lowest BCUT2D eigenvalue weighted by molar-refractivity contribution is 0.504. The number of sulfonamides is 1. The molecule has 2 heterocycles. The van der Waals surface area contributed by atoms with Crippen molar-refractivity contribution in [1.29, 1.82) is 0 Å². The molecular formula is C19H16F2N2O4S. The fourth-order valence-electron chi connectivity index (χ4n) is 3.33. The van der Waals surface area contributed by atoms with E-state index in [9.17, 15) is 22.0 Å². The molecule has 9 heteroatoms. The molecule has 0 radical (unpaired) electrons. The molecule has 0 bridgehead atoms. The van der Waals surface area contributed by atoms with Gasteiger partial charge in [0.2, 0.25) is 0 Å². The van der Waals surface area contributed by atoms with Crippen LogP contribution in [0.1, 0.15) is 12.8 Å². The van der Waals surface area contributed by atoms with Gasteiger partial charge in [-0.25, -0.2) is 22.0 Å². The third-order valence-electron chi connectivity index (χ3n) is 4.65. The van der Waals surface area contributed by atoms with E-state index in [2.05, 4.69) is 4.72 Å². The number of rotatable bonds is 4. The molecule has 0 amide bonds. The van der Waals surface area contributed by atoms with Gasteiger partial charge >= 0.3 is 5.63 Å². The van der Waals surface area contributed by atoms with Crippen LogP contribution in [-0.4, -0.2) is 21.5 Å². The highest BCUT2D eigenvalue weighted by Crippen LogP contribution is 2.35. The van der Waals surface area contributed by atoms with Crippen LogP contribution in [0.2, 0.25) is 0 Å². The summed E-state index contributed by atoms with van der Waals surface area (Å²) < 4.78 is 59.6. The number of hydrogen-bond donors (Lipinski definition) is 1. The first kappa shape index (κ1) is 18.4. The molecule has 0 aliphatic carbocycles. The lowest BCUT2D eigenvalue weighted by Crippen LogP contribution is -2.26. The van der Waals surface area contributed by atoms with Crippen molar-refractivity contribution >= 4 is 32.4 Å². The molecular weight excluding hydrogens is 390 g/mol. The van der Waals surface area contributed by atoms with Crippen molar-refractivity contribution in [2.75, 3.05) is 22.7 Å². The number of benzene rings is 2. The molecule has 0 unspecified atom stereocenters. The van der Waals surface area contributed by atoms with Crippen LogP contribution in [0.15, 0.2) is 56.6 Å². The van der Waals surface area contributed by atoms with Crippen LogP contribution in [0.25, 0.3) is 11.0 Å². The fraction of sp³-hybridized carbons (Fsp3) is 0.211. The largest absolute Gasteiger partial charge is 0.421 e. The van der Waals surface area contributed by atoms with Crippen LogP contribution in [0, 0.1) is 11.6 Å². The van der Waals surface area contributed by atoms with Crippen molar-refractivity contribution in [3.8, 4) is 0 Å². The number of hydrogen-bond acceptors (Lipinski definition) is 5. The third-order valence-corrected chi connectivity index (χ3v) is 5.99. The van der Waals surface area contributed by atoms with E-state index in [0.29, 0.717) is 41.9 Å². The lowest BCUT2D eigenvalue weighted by Gasteiger charge is -2.22. The quantitative estimate of drug-likeness (QED) is 0.671. The second-order valence-corrected chi connectivity index (χ2v) is 8.17. The van der Waals surface area contributed by atoms with Crippen LogP contribution in [-0.2, 0) is 10.0 Å². The maximum atomic E-state index is 13.5. The molecule has 4 rings (SSSR count). The maximum Gasteiger partial charge on any atom is 0.363 e. The second kappa shape index (κ2) is 6.90. The Kier molecular flexibility index (Phi) is 4.54. The predicted molar refractivity (Wildman–Crippen MR) is 101 cm³/mol. The number of anilines is 2. The van der Waals surface area contributed by atoms with E-state index < -0.39 is 32.2 Å². The Hall–Kier alpha value is -2.94. The molecule has 1 N–H and O–H groups in total. The summed E-state index contributed by atoms with van der Waals surface area (Å²) in [5.74, 6) is -2.46. The van der Waals surface area contributed by atoms with Gasteiger partial charge in [0.25, 0.3) is 10.0 Å². The number of nitrogens with one attached hydrogen (secondary N) is 1. The van der Waals surface area contributed by atoms with E-state index in [1.165, 1.54) is 0 Å². The Bertz CT molecular complexity index is 1220. The first-order chi connectivity index (χ1) is 13.4. The van der Waals surface area contributed by atoms with Crippen LogP contribution < -0.4 is 15.2 Å². The average molecular weight is 406 g/mol. The van der Waals surface area contributed by atoms with Gasteiger partial charge in [0.05, 0.1) is 10.6 Å². The highest BCUT2D eigenvalue weighted by atomic mass is 32.2. The molecule has 1 saturated heterocycles. The topological polar surface area (TPSA) is 79.6 Å². The summed E-state index contributed by atoms with van der Waals surface area (Å²) in [5, 5.41) is 0.590. The van der Waals surface area contributed by atoms with E-state index in [4.69, 9.17) is 4.42 Å². The zero-order valence-corrected chi connectivity index (χ0v) is 15.4. The minimum Gasteiger partial charge on any atom is -0.421 e. The van der Waals surface area contributed by atoms with Gasteiger partial charge in [-0.1, -0.05) is 12.1 Å². The highest BCUT2D eigenvalue weighted by Gasteiger charge is 2.26. The van der Waals surface area contributed by atoms with Gasteiger partial charge in [0.1, 0.15) is 5.58 Å². The van der Waals surface area contributed by atoms with Crippen LogP contribution in [0.5, 0.6) is 0 Å². The molecule has 0 saturated carbocycles. The van der Waals surface area contributed by atoms with Crippen LogP contribution in [0.4, 0.5) is 20.2 Å². The van der Waals surface area contributed by atoms with Gasteiger partial charge in [-0.2, -0.15) is 0 Å². The Morgan fingerprint density at radius 1 is 1.00 bits per heavy atom. The number of halogens is 2. The minimum absolute atomic E-state index is 0.245. The predicted octanol–water partition coefficient (Wildman–Crippen LogP) is 3.47. The minimum atomic E-state index is -4.34. The lowest BCUT2D eigenvalue weighted by atomic mass is 10.1. The highest BCUT2D eigenvalue weighted by molar-refractivity contribution is 7.92. The molecule has 1 fully saturated rings. The van der Waals surface area contributed by atoms with Gasteiger partial charge in [0.15, 0.2) is 17.3 Å². The van der Waals surface area contributed by atoms with Crippen molar-refractivity contribution in [1.82, 2.24) is 0 Å². The maximum absolute atomic E-state index is 13.5. The SMILES string of the molecule is O=c1oc2ccccc2c(N2CCCC2)c1NS(=O)(=O)c1ccc(F)c(F)c1. The summed E-state index contributed by atoms with van der Waals surface area (Å²) in [6.45, 7) is 1.32. The summed E-state index contributed by atoms with van der Waals surface area (Å²) in [6, 6.07) is 9.05. The standard InChI is InChI=1S/C19H16F2N2O4S/c20-14-8-7-12(11-15(14)21)28(25,26)22-17-18(23-9-3-4-10-23)13-5-1-2-6-16(13)27-19(17)24/h1-2,5-8,11,22H,3-4,9-10H2. The van der Waals surface area contributed by atoms with Crippen molar-refractivity contribution in [2.45, 2.75) is 17.7 Å². The molecule has 1 aromatic heterocycles. The van der Waals surface area contributed by atoms with Gasteiger partial charge in [-0.05, 0) is 43.2 Å². The summed E-state index contributed by atoms with van der Waals surface area (Å²) >= 11 is 0. The van der Waals surface area contributed by atoms with Crippen LogP contribution >= 0.6 is 0 Å². The summed E-state index contributed by atoms with van der Waals surface area (Å²) in [5.41, 5.74) is -0.335. The monoisotopic (exact) mass is 406 g/mol. The fourth-order valence-corrected chi connectivity index (χ4v) is 4.40. The Morgan fingerprint density at radius 2 is 1.71 bits per heavy atom. The van der Waals surface area contributed by atoms with Crippen molar-refractivity contribution in [2.24, 2.45) is 0 Å². The van der Waals surface area contributed by atoms with E-state index in [1.807, 2.05) is 4.90 Å². The van der Waals surface area contributed by atoms with Crippen molar-refractivity contribution in [3.63, 3.8) is 0 Å². The van der Waals surface area contributed by atoms with Gasteiger partial charge in [-0.3, -0.25) is 4.72 Å². The van der Waals surface area contributed by atoms with Crippen molar-refractivity contribution in [3.05, 3.63) is 64.5 Å². The van der Waals surface area contributed by atoms with E-state index in [-0.39, 0.29) is 5.69 Å². The number of fused-ring (bicyclic) bond motifs is 1. The molecule has 1 aliphatic rings. The molecule has 146 valence electrons. The molecule has 0 atom stereocenters. The van der Waals surface area contributed by atoms with E-state index in [0.717, 1.165) is 18.9 Å². The normalized spacial score (nSPS) is 14.6. The summed E-state index contributed by atoms with van der Waals surface area (Å²) in [7, 11) is -4.34. The van der Waals surface area contributed by atoms with Gasteiger partial charge < -0.3 is 9.32 Å². The molecule has 28 heavy (non-hydrogen) atoms. The molecule has 3 aromatic rings. The van der Waals surface area contributed by atoms with E-state index >= 15 is 0 Å². The first-order valence-corrected chi connectivity index (χ1v) is 10.1. The van der Waals surface area contributed by atoms with E-state index in [1.54, 1.807) is 24.3 Å². The third kappa shape index (κ3) is 3.22. The second-order valence-electron chi connectivity index (χ2n) is 6.48. The Labute approximate surface area is 159 Å². The Morgan fingerprint density at radius 3 is 2.43 bits per heavy atom. The van der Waals surface area contributed by atoms with Gasteiger partial charge in [-0.15, -0.1) is 0 Å². The number of nitrogens with zero attached hydrogens (tertiary/aromatic N) is 1. The molecule has 0 spiro atoms. The zero-order valence-electron chi connectivity index (χ0n) is 14.6. The van der Waals surface area contributed by atoms with Crippen LogP contribution in [0.3, 0.4) is 0 Å². The molecule has 1 aliphatic heterocycles. The smallest absolute Gasteiger partial charge is 0.363 e. The molecule has 6 nitrogen and oxygen atoms in total. The Balaban J connectivity index is 1.88.